The van der Waals surface area contributed by atoms with Gasteiger partial charge in [0.15, 0.2) is 5.69 Å². The van der Waals surface area contributed by atoms with Crippen molar-refractivity contribution in [1.82, 2.24) is 15.1 Å². The predicted octanol–water partition coefficient (Wildman–Crippen LogP) is -0.364. The van der Waals surface area contributed by atoms with Gasteiger partial charge in [-0.3, -0.25) is 9.89 Å². The average Bonchev–Trinajstić information content (AvgIpc) is 2.94. The number of aromatic amines is 1. The fraction of sp³-hybridized carbons (Fsp3) is 0.556. The van der Waals surface area contributed by atoms with Crippen molar-refractivity contribution < 1.29 is 13.2 Å². The molecule has 8 heteroatoms. The van der Waals surface area contributed by atoms with Crippen molar-refractivity contribution in [3.05, 3.63) is 11.4 Å². The largest absolute Gasteiger partial charge is 0.343 e. The molecule has 1 amide bonds. The second kappa shape index (κ2) is 3.81. The molecule has 2 rings (SSSR count). The zero-order chi connectivity index (χ0) is 12.8. The van der Waals surface area contributed by atoms with Gasteiger partial charge in [0.2, 0.25) is 10.0 Å². The van der Waals surface area contributed by atoms with E-state index >= 15 is 0 Å². The van der Waals surface area contributed by atoms with Crippen LogP contribution in [0.15, 0.2) is 4.90 Å². The lowest BCUT2D eigenvalue weighted by Crippen LogP contribution is -2.25. The number of primary sulfonamides is 1. The Morgan fingerprint density at radius 1 is 1.47 bits per heavy atom. The molecule has 0 unspecified atom stereocenters. The number of H-pyrrole nitrogens is 1. The Labute approximate surface area is 99.0 Å². The number of rotatable bonds is 3. The quantitative estimate of drug-likeness (QED) is 0.771. The number of nitrogens with two attached hydrogens (primary N) is 1. The summed E-state index contributed by atoms with van der Waals surface area (Å²) in [6.45, 7) is 0. The highest BCUT2D eigenvalue weighted by atomic mass is 32.2. The Morgan fingerprint density at radius 2 is 2.06 bits per heavy atom. The number of amides is 1. The van der Waals surface area contributed by atoms with Gasteiger partial charge in [-0.25, -0.2) is 13.6 Å². The number of aromatic nitrogens is 2. The molecule has 0 aromatic carbocycles. The summed E-state index contributed by atoms with van der Waals surface area (Å²) in [5.74, 6) is -0.350. The third-order valence-corrected chi connectivity index (χ3v) is 3.61. The summed E-state index contributed by atoms with van der Waals surface area (Å²) in [6.07, 6.45) is 1.78. The number of hydrogen-bond donors (Lipinski definition) is 2. The molecule has 0 saturated heterocycles. The van der Waals surface area contributed by atoms with Crippen LogP contribution in [-0.4, -0.2) is 43.5 Å². The lowest BCUT2D eigenvalue weighted by atomic mass is 10.2. The third kappa shape index (κ3) is 2.18. The van der Waals surface area contributed by atoms with Crippen molar-refractivity contribution >= 4 is 15.9 Å². The van der Waals surface area contributed by atoms with E-state index in [0.717, 1.165) is 12.8 Å². The summed E-state index contributed by atoms with van der Waals surface area (Å²) in [6, 6.07) is 0. The summed E-state index contributed by atoms with van der Waals surface area (Å²) in [7, 11) is -0.889. The van der Waals surface area contributed by atoms with Crippen molar-refractivity contribution in [2.45, 2.75) is 23.7 Å². The second-order valence-electron chi connectivity index (χ2n) is 4.33. The molecule has 1 aliphatic rings. The molecular formula is C9H14N4O3S. The van der Waals surface area contributed by atoms with Crippen molar-refractivity contribution in [3.63, 3.8) is 0 Å². The van der Waals surface area contributed by atoms with Crippen LogP contribution in [0.4, 0.5) is 0 Å². The zero-order valence-corrected chi connectivity index (χ0v) is 10.4. The van der Waals surface area contributed by atoms with Crippen LogP contribution < -0.4 is 5.14 Å². The highest BCUT2D eigenvalue weighted by molar-refractivity contribution is 7.89. The average molecular weight is 258 g/mol. The van der Waals surface area contributed by atoms with E-state index in [-0.39, 0.29) is 16.5 Å². The molecule has 1 aliphatic carbocycles. The van der Waals surface area contributed by atoms with Crippen LogP contribution in [0.5, 0.6) is 0 Å². The van der Waals surface area contributed by atoms with Gasteiger partial charge in [0.1, 0.15) is 4.90 Å². The van der Waals surface area contributed by atoms with E-state index < -0.39 is 15.9 Å². The summed E-state index contributed by atoms with van der Waals surface area (Å²) >= 11 is 0. The maximum atomic E-state index is 11.8. The Balaban J connectivity index is 2.57. The first-order chi connectivity index (χ1) is 7.82. The van der Waals surface area contributed by atoms with E-state index in [1.165, 1.54) is 19.0 Å². The van der Waals surface area contributed by atoms with E-state index in [1.807, 2.05) is 0 Å². The van der Waals surface area contributed by atoms with Crippen LogP contribution in [0.25, 0.3) is 0 Å². The van der Waals surface area contributed by atoms with Gasteiger partial charge in [-0.05, 0) is 12.8 Å². The summed E-state index contributed by atoms with van der Waals surface area (Å²) in [5, 5.41) is 11.6. The van der Waals surface area contributed by atoms with Gasteiger partial charge < -0.3 is 4.90 Å². The van der Waals surface area contributed by atoms with Crippen LogP contribution in [0.2, 0.25) is 0 Å². The lowest BCUT2D eigenvalue weighted by Gasteiger charge is -2.09. The number of carbonyl (C=O) groups is 1. The van der Waals surface area contributed by atoms with Gasteiger partial charge in [0, 0.05) is 20.0 Å². The predicted molar refractivity (Wildman–Crippen MR) is 60.0 cm³/mol. The van der Waals surface area contributed by atoms with Gasteiger partial charge in [-0.2, -0.15) is 5.10 Å². The molecule has 1 aromatic rings. The molecule has 0 radical (unpaired) electrons. The molecule has 7 nitrogen and oxygen atoms in total. The minimum Gasteiger partial charge on any atom is -0.343 e. The molecule has 1 heterocycles. The number of sulfonamides is 1. The van der Waals surface area contributed by atoms with Crippen LogP contribution in [-0.2, 0) is 10.0 Å². The minimum atomic E-state index is -3.95. The third-order valence-electron chi connectivity index (χ3n) is 2.63. The van der Waals surface area contributed by atoms with Gasteiger partial charge in [0.05, 0.1) is 5.69 Å². The standard InChI is InChI=1S/C9H14N4O3S/c1-13(2)9(14)7-8(17(10,15)16)6(11-12-7)5-3-4-5/h5H,3-4H2,1-2H3,(H,11,12)(H2,10,15,16). The molecule has 0 atom stereocenters. The number of nitrogens with one attached hydrogen (secondary N) is 1. The summed E-state index contributed by atoms with van der Waals surface area (Å²) in [4.78, 5) is 12.9. The van der Waals surface area contributed by atoms with E-state index in [2.05, 4.69) is 10.2 Å². The molecule has 0 spiro atoms. The SMILES string of the molecule is CN(C)C(=O)c1n[nH]c(C2CC2)c1S(N)(=O)=O. The fourth-order valence-corrected chi connectivity index (χ4v) is 2.56. The lowest BCUT2D eigenvalue weighted by molar-refractivity contribution is 0.0818. The van der Waals surface area contributed by atoms with Gasteiger partial charge in [-0.1, -0.05) is 0 Å². The van der Waals surface area contributed by atoms with Gasteiger partial charge >= 0.3 is 0 Å². The zero-order valence-electron chi connectivity index (χ0n) is 9.60. The van der Waals surface area contributed by atoms with E-state index in [1.54, 1.807) is 0 Å². The highest BCUT2D eigenvalue weighted by Crippen LogP contribution is 2.42. The fourth-order valence-electron chi connectivity index (χ4n) is 1.64. The Bertz CT molecular complexity index is 557. The second-order valence-corrected chi connectivity index (χ2v) is 5.83. The van der Waals surface area contributed by atoms with Crippen molar-refractivity contribution in [1.29, 1.82) is 0 Å². The highest BCUT2D eigenvalue weighted by Gasteiger charge is 2.36. The van der Waals surface area contributed by atoms with Crippen LogP contribution in [0.3, 0.4) is 0 Å². The number of nitrogens with zero attached hydrogens (tertiary/aromatic N) is 2. The monoisotopic (exact) mass is 258 g/mol. The van der Waals surface area contributed by atoms with Gasteiger partial charge in [-0.15, -0.1) is 0 Å². The van der Waals surface area contributed by atoms with E-state index in [0.29, 0.717) is 5.69 Å². The first-order valence-corrected chi connectivity index (χ1v) is 6.69. The van der Waals surface area contributed by atoms with Crippen molar-refractivity contribution in [2.75, 3.05) is 14.1 Å². The molecule has 1 saturated carbocycles. The molecular weight excluding hydrogens is 244 g/mol. The first-order valence-electron chi connectivity index (χ1n) is 5.15. The normalized spacial score (nSPS) is 15.9. The van der Waals surface area contributed by atoms with E-state index in [9.17, 15) is 13.2 Å². The molecule has 3 N–H and O–H groups in total. The maximum absolute atomic E-state index is 11.8. The molecule has 0 bridgehead atoms. The number of carbonyl (C=O) groups excluding carboxylic acids is 1. The van der Waals surface area contributed by atoms with Crippen LogP contribution in [0.1, 0.15) is 34.9 Å². The van der Waals surface area contributed by atoms with Gasteiger partial charge in [0.25, 0.3) is 5.91 Å². The summed E-state index contributed by atoms with van der Waals surface area (Å²) in [5.41, 5.74) is 0.331. The number of hydrogen-bond acceptors (Lipinski definition) is 4. The van der Waals surface area contributed by atoms with Crippen LogP contribution >= 0.6 is 0 Å². The molecule has 94 valence electrons. The topological polar surface area (TPSA) is 109 Å². The molecule has 1 fully saturated rings. The van der Waals surface area contributed by atoms with Crippen LogP contribution in [0, 0.1) is 0 Å². The summed E-state index contributed by atoms with van der Waals surface area (Å²) < 4.78 is 23.1. The Kier molecular flexibility index (Phi) is 2.70. The first kappa shape index (κ1) is 12.1. The maximum Gasteiger partial charge on any atom is 0.275 e. The molecule has 0 aliphatic heterocycles. The molecule has 1 aromatic heterocycles. The van der Waals surface area contributed by atoms with E-state index in [4.69, 9.17) is 5.14 Å². The van der Waals surface area contributed by atoms with Crippen molar-refractivity contribution in [3.8, 4) is 0 Å². The van der Waals surface area contributed by atoms with Crippen molar-refractivity contribution in [2.24, 2.45) is 5.14 Å². The smallest absolute Gasteiger partial charge is 0.275 e. The minimum absolute atomic E-state index is 0.125. The molecule has 17 heavy (non-hydrogen) atoms. The Hall–Kier alpha value is -1.41. The Morgan fingerprint density at radius 3 is 2.47 bits per heavy atom.